The molecule has 2 N–H and O–H groups in total. The zero-order valence-corrected chi connectivity index (χ0v) is 10.7. The molecule has 2 aromatic rings. The zero-order valence-electron chi connectivity index (χ0n) is 9.84. The third-order valence-corrected chi connectivity index (χ3v) is 3.80. The number of hydrogen-bond donors (Lipinski definition) is 1. The molecule has 0 heterocycles. The van der Waals surface area contributed by atoms with Crippen molar-refractivity contribution >= 4 is 31.3 Å². The van der Waals surface area contributed by atoms with Gasteiger partial charge in [-0.3, -0.25) is 4.79 Å². The van der Waals surface area contributed by atoms with E-state index in [0.717, 1.165) is 21.9 Å². The van der Waals surface area contributed by atoms with E-state index in [-0.39, 0.29) is 0 Å². The Bertz CT molecular complexity index is 737. The van der Waals surface area contributed by atoms with Crippen LogP contribution in [0, 0.1) is 6.92 Å². The van der Waals surface area contributed by atoms with Gasteiger partial charge in [0.05, 0.1) is 0 Å². The van der Waals surface area contributed by atoms with Crippen molar-refractivity contribution in [1.29, 1.82) is 0 Å². The van der Waals surface area contributed by atoms with E-state index >= 15 is 0 Å². The van der Waals surface area contributed by atoms with Gasteiger partial charge in [0.15, 0.2) is 0 Å². The summed E-state index contributed by atoms with van der Waals surface area (Å²) in [5.41, 5.74) is 7.13. The molecular weight excluding hydrogens is 246 g/mol. The minimum atomic E-state index is -1.84. The van der Waals surface area contributed by atoms with Crippen molar-refractivity contribution in [2.75, 3.05) is 0 Å². The summed E-state index contributed by atoms with van der Waals surface area (Å²) in [6, 6.07) is 11.6. The topological polar surface area (TPSA) is 60.2 Å². The molecule has 0 radical (unpaired) electrons. The molecule has 92 valence electrons. The summed E-state index contributed by atoms with van der Waals surface area (Å²) < 4.78 is 11.6. The van der Waals surface area contributed by atoms with Crippen molar-refractivity contribution in [1.82, 2.24) is 0 Å². The molecule has 0 atom stereocenters. The third-order valence-electron chi connectivity index (χ3n) is 2.89. The van der Waals surface area contributed by atoms with Gasteiger partial charge in [-0.25, -0.2) is 0 Å². The Kier molecular flexibility index (Phi) is 3.51. The summed E-state index contributed by atoms with van der Waals surface area (Å²) >= 11 is 0. The van der Waals surface area contributed by atoms with E-state index in [9.17, 15) is 9.00 Å². The molecule has 2 aromatic carbocycles. The van der Waals surface area contributed by atoms with Crippen molar-refractivity contribution in [2.45, 2.75) is 6.92 Å². The Hall–Kier alpha value is -2.03. The summed E-state index contributed by atoms with van der Waals surface area (Å²) in [7, 11) is -1.84. The Morgan fingerprint density at radius 1 is 1.28 bits per heavy atom. The van der Waals surface area contributed by atoms with Crippen LogP contribution in [0.2, 0.25) is 0 Å². The molecule has 0 aromatic heterocycles. The van der Waals surface area contributed by atoms with Gasteiger partial charge in [0.1, 0.15) is 0 Å². The molecule has 0 aliphatic carbocycles. The van der Waals surface area contributed by atoms with E-state index in [4.69, 9.17) is 5.73 Å². The van der Waals surface area contributed by atoms with Crippen LogP contribution >= 0.6 is 0 Å². The Labute approximate surface area is 107 Å². The number of nitrogens with two attached hydrogens (primary N) is 1. The lowest BCUT2D eigenvalue weighted by molar-refractivity contribution is 0.568. The largest absolute Gasteiger partial charge is 0.447 e. The lowest BCUT2D eigenvalue weighted by Crippen LogP contribution is -1.95. The van der Waals surface area contributed by atoms with Gasteiger partial charge in [-0.1, -0.05) is 41.3 Å². The van der Waals surface area contributed by atoms with Crippen LogP contribution in [-0.4, -0.2) is 5.23 Å². The molecule has 0 saturated carbocycles. The maximum atomic E-state index is 11.6. The van der Waals surface area contributed by atoms with Gasteiger partial charge >= 0.3 is 0 Å². The number of carbonyl (C=O) groups excluding carboxylic acids is 1. The maximum absolute atomic E-state index is 11.6. The van der Waals surface area contributed by atoms with Crippen LogP contribution in [0.15, 0.2) is 42.6 Å². The first-order valence-electron chi connectivity index (χ1n) is 5.39. The monoisotopic (exact) mass is 258 g/mol. The number of fused-ring (bicyclic) bond motifs is 1. The van der Waals surface area contributed by atoms with Gasteiger partial charge in [-0.15, -0.1) is 0 Å². The molecule has 0 bridgehead atoms. The molecule has 2 rings (SSSR count). The lowest BCUT2D eigenvalue weighted by atomic mass is 10.00. The Balaban J connectivity index is 2.77. The first kappa shape index (κ1) is 12.4. The summed E-state index contributed by atoms with van der Waals surface area (Å²) in [4.78, 5) is 10.8. The second-order valence-electron chi connectivity index (χ2n) is 3.84. The summed E-state index contributed by atoms with van der Waals surface area (Å²) in [6.45, 7) is 1.92. The predicted molar refractivity (Wildman–Crippen MR) is 74.6 cm³/mol. The van der Waals surface area contributed by atoms with E-state index in [1.54, 1.807) is 0 Å². The van der Waals surface area contributed by atoms with Crippen molar-refractivity contribution in [3.05, 3.63) is 53.7 Å². The van der Waals surface area contributed by atoms with Gasteiger partial charge in [0.25, 0.3) is 0 Å². The van der Waals surface area contributed by atoms with Crippen LogP contribution < -0.4 is 5.73 Å². The van der Waals surface area contributed by atoms with Crippen LogP contribution in [-0.2, 0) is 19.4 Å². The highest BCUT2D eigenvalue weighted by Crippen LogP contribution is 2.26. The molecule has 0 aliphatic rings. The minimum Gasteiger partial charge on any atom is -0.447 e. The fourth-order valence-corrected chi connectivity index (χ4v) is 2.62. The minimum absolute atomic E-state index is 0.299. The van der Waals surface area contributed by atoms with Crippen LogP contribution in [0.5, 0.6) is 0 Å². The second-order valence-corrected chi connectivity index (χ2v) is 4.99. The fourth-order valence-electron chi connectivity index (χ4n) is 1.99. The first-order chi connectivity index (χ1) is 8.69. The number of aryl methyl sites for hydroxylation is 1. The van der Waals surface area contributed by atoms with E-state index in [0.29, 0.717) is 4.91 Å². The molecule has 0 spiro atoms. The molecular formula is C14H12NO2S-. The number of hydrogen-bond acceptors (Lipinski definition) is 4. The highest BCUT2D eigenvalue weighted by Gasteiger charge is 2.03. The second kappa shape index (κ2) is 5.08. The predicted octanol–water partition coefficient (Wildman–Crippen LogP) is 2.44. The molecule has 0 saturated heterocycles. The number of rotatable bonds is 2. The Morgan fingerprint density at radius 2 is 2.00 bits per heavy atom. The van der Waals surface area contributed by atoms with E-state index < -0.39 is 10.4 Å². The fraction of sp³-hybridized carbons (Fsp3) is 0.0714. The van der Waals surface area contributed by atoms with Crippen molar-refractivity contribution in [2.24, 2.45) is 5.73 Å². The summed E-state index contributed by atoms with van der Waals surface area (Å²) in [6.07, 6.45) is 1.21. The highest BCUT2D eigenvalue weighted by molar-refractivity contribution is 7.92. The van der Waals surface area contributed by atoms with Crippen LogP contribution in [0.4, 0.5) is 0 Å². The van der Waals surface area contributed by atoms with E-state index in [1.807, 2.05) is 43.3 Å². The molecule has 18 heavy (non-hydrogen) atoms. The summed E-state index contributed by atoms with van der Waals surface area (Å²) in [5, 5.41) is 3.61. The quantitative estimate of drug-likeness (QED) is 0.665. The molecule has 0 amide bonds. The van der Waals surface area contributed by atoms with Crippen molar-refractivity contribution < 1.29 is 9.00 Å². The van der Waals surface area contributed by atoms with Crippen LogP contribution in [0.3, 0.4) is 0 Å². The molecule has 0 fully saturated rings. The van der Waals surface area contributed by atoms with E-state index in [2.05, 4.69) is 0 Å². The molecule has 4 heteroatoms. The third kappa shape index (κ3) is 2.04. The molecule has 0 aliphatic heterocycles. The lowest BCUT2D eigenvalue weighted by Gasteiger charge is -2.14. The van der Waals surface area contributed by atoms with Gasteiger partial charge in [0, 0.05) is 5.23 Å². The van der Waals surface area contributed by atoms with Gasteiger partial charge in [0.2, 0.25) is 0 Å². The SMILES string of the molecule is Cc1c(C(=CN)[S-](=O)=C=O)ccc2ccccc12. The average Bonchev–Trinajstić information content (AvgIpc) is 2.42. The van der Waals surface area contributed by atoms with Crippen molar-refractivity contribution in [3.63, 3.8) is 0 Å². The van der Waals surface area contributed by atoms with Gasteiger partial charge in [-0.2, -0.15) is 10.4 Å². The average molecular weight is 258 g/mol. The summed E-state index contributed by atoms with van der Waals surface area (Å²) in [5.74, 6) is 0. The molecule has 3 nitrogen and oxygen atoms in total. The van der Waals surface area contributed by atoms with Crippen LogP contribution in [0.25, 0.3) is 15.7 Å². The van der Waals surface area contributed by atoms with E-state index in [1.165, 1.54) is 11.4 Å². The normalized spacial score (nSPS) is 11.8. The van der Waals surface area contributed by atoms with Gasteiger partial charge in [-0.05, 0) is 35.0 Å². The number of benzene rings is 2. The van der Waals surface area contributed by atoms with Crippen molar-refractivity contribution in [3.8, 4) is 0 Å². The molecule has 0 unspecified atom stereocenters. The standard InChI is InChI=1S/C14H12NO2S/c1-10-12-5-3-2-4-11(12)6-7-13(10)14(8-15)18(17)9-16/h2-8H,15H2,1H3/q-1. The first-order valence-corrected chi connectivity index (χ1v) is 6.54. The highest BCUT2D eigenvalue weighted by atomic mass is 32.2. The smallest absolute Gasteiger partial charge is 0.0137 e. The maximum Gasteiger partial charge on any atom is 0.0137 e. The van der Waals surface area contributed by atoms with Crippen LogP contribution in [0.1, 0.15) is 11.1 Å². The van der Waals surface area contributed by atoms with Gasteiger partial charge < -0.3 is 9.94 Å². The zero-order chi connectivity index (χ0) is 13.1. The Morgan fingerprint density at radius 3 is 2.67 bits per heavy atom.